The Morgan fingerprint density at radius 2 is 1.83 bits per heavy atom. The van der Waals surface area contributed by atoms with Crippen molar-refractivity contribution in [2.24, 2.45) is 0 Å². The zero-order valence-corrected chi connectivity index (χ0v) is 15.7. The number of carbonyl (C=O) groups excluding carboxylic acids is 2. The molecule has 9 heteroatoms. The van der Waals surface area contributed by atoms with Gasteiger partial charge in [0.25, 0.3) is 0 Å². The fraction of sp³-hybridized carbons (Fsp3) is 0.200. The highest BCUT2D eigenvalue weighted by Crippen LogP contribution is 2.36. The number of fused-ring (bicyclic) bond motifs is 1. The lowest BCUT2D eigenvalue weighted by Gasteiger charge is -2.41. The van der Waals surface area contributed by atoms with Crippen molar-refractivity contribution < 1.29 is 18.4 Å². The molecular formula is C20H17FN4O4. The van der Waals surface area contributed by atoms with Crippen LogP contribution in [0.2, 0.25) is 0 Å². The molecule has 0 spiro atoms. The third-order valence-corrected chi connectivity index (χ3v) is 4.74. The van der Waals surface area contributed by atoms with Crippen LogP contribution in [-0.4, -0.2) is 27.1 Å². The van der Waals surface area contributed by atoms with Gasteiger partial charge in [0.2, 0.25) is 17.7 Å². The number of halogens is 1. The van der Waals surface area contributed by atoms with Gasteiger partial charge in [-0.2, -0.15) is 4.68 Å². The van der Waals surface area contributed by atoms with Gasteiger partial charge in [-0.15, -0.1) is 5.10 Å². The fourth-order valence-corrected chi connectivity index (χ4v) is 3.21. The van der Waals surface area contributed by atoms with Crippen LogP contribution in [0.4, 0.5) is 15.8 Å². The molecule has 0 saturated heterocycles. The molecule has 0 aliphatic carbocycles. The summed E-state index contributed by atoms with van der Waals surface area (Å²) in [6.07, 6.45) is 0. The second kappa shape index (κ2) is 6.69. The van der Waals surface area contributed by atoms with Crippen molar-refractivity contribution in [1.82, 2.24) is 9.78 Å². The summed E-state index contributed by atoms with van der Waals surface area (Å²) in [7, 11) is 0. The monoisotopic (exact) mass is 396 g/mol. The predicted molar refractivity (Wildman–Crippen MR) is 103 cm³/mol. The SMILES string of the molecule is CC1(C)C(=O)Nc2ccccc2N1C(=O)Cn1nc(-c2ccc(F)cc2)oc1=O. The lowest BCUT2D eigenvalue weighted by atomic mass is 9.96. The third-order valence-electron chi connectivity index (χ3n) is 4.74. The van der Waals surface area contributed by atoms with E-state index in [1.807, 2.05) is 0 Å². The molecule has 4 rings (SSSR count). The second-order valence-electron chi connectivity index (χ2n) is 7.10. The summed E-state index contributed by atoms with van der Waals surface area (Å²) in [5, 5.41) is 6.81. The topological polar surface area (TPSA) is 97.4 Å². The van der Waals surface area contributed by atoms with Crippen LogP contribution in [0.1, 0.15) is 13.8 Å². The quantitative estimate of drug-likeness (QED) is 0.733. The van der Waals surface area contributed by atoms with Crippen molar-refractivity contribution in [1.29, 1.82) is 0 Å². The molecule has 8 nitrogen and oxygen atoms in total. The maximum atomic E-state index is 13.1. The first-order chi connectivity index (χ1) is 13.8. The Bertz CT molecular complexity index is 1160. The van der Waals surface area contributed by atoms with Crippen molar-refractivity contribution in [3.63, 3.8) is 0 Å². The predicted octanol–water partition coefficient (Wildman–Crippen LogP) is 2.41. The van der Waals surface area contributed by atoms with Crippen LogP contribution in [0.25, 0.3) is 11.5 Å². The van der Waals surface area contributed by atoms with Crippen molar-refractivity contribution in [2.45, 2.75) is 25.9 Å². The van der Waals surface area contributed by atoms with Crippen LogP contribution in [-0.2, 0) is 16.1 Å². The molecule has 148 valence electrons. The molecule has 29 heavy (non-hydrogen) atoms. The molecule has 1 aliphatic rings. The summed E-state index contributed by atoms with van der Waals surface area (Å²) in [5.41, 5.74) is 0.262. The average Bonchev–Trinajstić information content (AvgIpc) is 3.03. The van der Waals surface area contributed by atoms with E-state index in [9.17, 15) is 18.8 Å². The molecule has 0 unspecified atom stereocenters. The van der Waals surface area contributed by atoms with Gasteiger partial charge in [0.1, 0.15) is 17.9 Å². The standard InChI is InChI=1S/C20H17FN4O4/c1-20(2)18(27)22-14-5-3-4-6-15(14)25(20)16(26)11-24-19(28)29-17(23-24)12-7-9-13(21)10-8-12/h3-10H,11H2,1-2H3,(H,22,27). The van der Waals surface area contributed by atoms with Gasteiger partial charge in [-0.25, -0.2) is 9.18 Å². The summed E-state index contributed by atoms with van der Waals surface area (Å²) < 4.78 is 19.1. The van der Waals surface area contributed by atoms with Crippen LogP contribution >= 0.6 is 0 Å². The van der Waals surface area contributed by atoms with Gasteiger partial charge < -0.3 is 9.73 Å². The number of anilines is 2. The summed E-state index contributed by atoms with van der Waals surface area (Å²) in [6.45, 7) is 2.81. The number of nitrogens with zero attached hydrogens (tertiary/aromatic N) is 3. The van der Waals surface area contributed by atoms with E-state index in [0.29, 0.717) is 16.9 Å². The number of nitrogens with one attached hydrogen (secondary N) is 1. The number of para-hydroxylation sites is 2. The second-order valence-corrected chi connectivity index (χ2v) is 7.10. The molecule has 1 N–H and O–H groups in total. The van der Waals surface area contributed by atoms with E-state index >= 15 is 0 Å². The number of amides is 2. The first kappa shape index (κ1) is 18.6. The van der Waals surface area contributed by atoms with Gasteiger partial charge in [0, 0.05) is 5.56 Å². The molecule has 2 aromatic carbocycles. The van der Waals surface area contributed by atoms with Crippen molar-refractivity contribution in [2.75, 3.05) is 10.2 Å². The number of hydrogen-bond donors (Lipinski definition) is 1. The van der Waals surface area contributed by atoms with Gasteiger partial charge in [-0.3, -0.25) is 14.5 Å². The van der Waals surface area contributed by atoms with E-state index in [0.717, 1.165) is 4.68 Å². The molecule has 0 fully saturated rings. The normalized spacial score (nSPS) is 15.0. The van der Waals surface area contributed by atoms with E-state index in [1.54, 1.807) is 38.1 Å². The van der Waals surface area contributed by atoms with Gasteiger partial charge >= 0.3 is 5.76 Å². The van der Waals surface area contributed by atoms with Crippen LogP contribution in [0.3, 0.4) is 0 Å². The van der Waals surface area contributed by atoms with E-state index in [4.69, 9.17) is 4.42 Å². The minimum Gasteiger partial charge on any atom is -0.388 e. The summed E-state index contributed by atoms with van der Waals surface area (Å²) >= 11 is 0. The Hall–Kier alpha value is -3.75. The van der Waals surface area contributed by atoms with Gasteiger partial charge in [-0.1, -0.05) is 12.1 Å². The largest absolute Gasteiger partial charge is 0.437 e. The van der Waals surface area contributed by atoms with Crippen molar-refractivity contribution in [3.05, 3.63) is 64.9 Å². The Balaban J connectivity index is 1.67. The van der Waals surface area contributed by atoms with E-state index in [2.05, 4.69) is 10.4 Å². The first-order valence-electron chi connectivity index (χ1n) is 8.85. The lowest BCUT2D eigenvalue weighted by Crippen LogP contribution is -2.59. The van der Waals surface area contributed by atoms with E-state index in [1.165, 1.54) is 29.2 Å². The zero-order valence-electron chi connectivity index (χ0n) is 15.7. The van der Waals surface area contributed by atoms with Crippen LogP contribution in [0, 0.1) is 5.82 Å². The molecular weight excluding hydrogens is 379 g/mol. The lowest BCUT2D eigenvalue weighted by molar-refractivity contribution is -0.127. The fourth-order valence-electron chi connectivity index (χ4n) is 3.21. The van der Waals surface area contributed by atoms with Crippen molar-refractivity contribution in [3.8, 4) is 11.5 Å². The number of carbonyl (C=O) groups is 2. The van der Waals surface area contributed by atoms with Crippen LogP contribution in [0.15, 0.2) is 57.7 Å². The summed E-state index contributed by atoms with van der Waals surface area (Å²) in [4.78, 5) is 39.1. The highest BCUT2D eigenvalue weighted by Gasteiger charge is 2.43. The smallest absolute Gasteiger partial charge is 0.388 e. The molecule has 0 radical (unpaired) electrons. The number of rotatable bonds is 3. The van der Waals surface area contributed by atoms with E-state index in [-0.39, 0.29) is 11.8 Å². The van der Waals surface area contributed by atoms with Gasteiger partial charge in [0.05, 0.1) is 11.4 Å². The number of hydrogen-bond acceptors (Lipinski definition) is 5. The molecule has 0 saturated carbocycles. The Morgan fingerprint density at radius 3 is 2.55 bits per heavy atom. The molecule has 0 bridgehead atoms. The summed E-state index contributed by atoms with van der Waals surface area (Å²) in [6, 6.07) is 12.2. The summed E-state index contributed by atoms with van der Waals surface area (Å²) in [5.74, 6) is -2.14. The average molecular weight is 396 g/mol. The maximum Gasteiger partial charge on any atom is 0.437 e. The third kappa shape index (κ3) is 3.20. The van der Waals surface area contributed by atoms with E-state index < -0.39 is 29.6 Å². The molecule has 0 atom stereocenters. The Labute approximate surface area is 164 Å². The molecule has 2 heterocycles. The Morgan fingerprint density at radius 1 is 1.14 bits per heavy atom. The maximum absolute atomic E-state index is 13.1. The highest BCUT2D eigenvalue weighted by atomic mass is 19.1. The number of aromatic nitrogens is 2. The minimum absolute atomic E-state index is 0.0288. The first-order valence-corrected chi connectivity index (χ1v) is 8.85. The molecule has 1 aliphatic heterocycles. The van der Waals surface area contributed by atoms with Crippen LogP contribution in [0.5, 0.6) is 0 Å². The zero-order chi connectivity index (χ0) is 20.8. The molecule has 2 amide bonds. The van der Waals surface area contributed by atoms with Crippen LogP contribution < -0.4 is 16.0 Å². The number of benzene rings is 2. The minimum atomic E-state index is -1.17. The highest BCUT2D eigenvalue weighted by molar-refractivity contribution is 6.14. The molecule has 3 aromatic rings. The Kier molecular flexibility index (Phi) is 4.30. The van der Waals surface area contributed by atoms with Gasteiger partial charge in [0.15, 0.2) is 0 Å². The van der Waals surface area contributed by atoms with Gasteiger partial charge in [-0.05, 0) is 50.2 Å². The molecule has 1 aromatic heterocycles. The van der Waals surface area contributed by atoms with Crippen molar-refractivity contribution >= 4 is 23.2 Å².